The van der Waals surface area contributed by atoms with Crippen molar-refractivity contribution in [2.75, 3.05) is 6.54 Å². The zero-order valence-electron chi connectivity index (χ0n) is 9.12. The van der Waals surface area contributed by atoms with Crippen LogP contribution in [0.5, 0.6) is 0 Å². The molecule has 0 aliphatic carbocycles. The van der Waals surface area contributed by atoms with E-state index in [9.17, 15) is 0 Å². The summed E-state index contributed by atoms with van der Waals surface area (Å²) in [5.41, 5.74) is 6.71. The Morgan fingerprint density at radius 3 is 2.93 bits per heavy atom. The van der Waals surface area contributed by atoms with Gasteiger partial charge in [-0.05, 0) is 38.1 Å². The van der Waals surface area contributed by atoms with Crippen molar-refractivity contribution >= 4 is 11.3 Å². The van der Waals surface area contributed by atoms with Crippen molar-refractivity contribution in [3.05, 3.63) is 16.1 Å². The molecule has 1 aromatic heterocycles. The second-order valence-electron chi connectivity index (χ2n) is 3.72. The zero-order chi connectivity index (χ0) is 10.4. The van der Waals surface area contributed by atoms with Crippen LogP contribution in [0.1, 0.15) is 49.7 Å². The maximum absolute atomic E-state index is 5.45. The van der Waals surface area contributed by atoms with Crippen LogP contribution in [-0.2, 0) is 6.42 Å². The van der Waals surface area contributed by atoms with E-state index in [1.165, 1.54) is 23.5 Å². The highest BCUT2D eigenvalue weighted by Crippen LogP contribution is 2.21. The molecule has 14 heavy (non-hydrogen) atoms. The van der Waals surface area contributed by atoms with Crippen LogP contribution in [-0.4, -0.2) is 11.5 Å². The fourth-order valence-corrected chi connectivity index (χ4v) is 2.26. The summed E-state index contributed by atoms with van der Waals surface area (Å²) in [7, 11) is 0. The van der Waals surface area contributed by atoms with E-state index < -0.39 is 0 Å². The van der Waals surface area contributed by atoms with Crippen LogP contribution < -0.4 is 5.73 Å². The number of unbranched alkanes of at least 4 members (excludes halogenated alkanes) is 1. The summed E-state index contributed by atoms with van der Waals surface area (Å²) in [6, 6.07) is 0. The van der Waals surface area contributed by atoms with Crippen molar-refractivity contribution in [2.24, 2.45) is 5.73 Å². The Hall–Kier alpha value is -0.410. The standard InChI is InChI=1S/C11H20N2S/c1-3-9(2)10-8-14-11(13-10)6-4-5-7-12/h8-9H,3-7,12H2,1-2H3. The SMILES string of the molecule is CCC(C)c1csc(CCCCN)n1. The van der Waals surface area contributed by atoms with Gasteiger partial charge in [0, 0.05) is 5.38 Å². The lowest BCUT2D eigenvalue weighted by Crippen LogP contribution is -1.99. The van der Waals surface area contributed by atoms with Crippen LogP contribution in [0.25, 0.3) is 0 Å². The smallest absolute Gasteiger partial charge is 0.0928 e. The molecule has 0 amide bonds. The normalized spacial score (nSPS) is 13.1. The highest BCUT2D eigenvalue weighted by Gasteiger charge is 2.07. The van der Waals surface area contributed by atoms with Gasteiger partial charge in [-0.2, -0.15) is 0 Å². The van der Waals surface area contributed by atoms with Crippen molar-refractivity contribution in [1.82, 2.24) is 4.98 Å². The summed E-state index contributed by atoms with van der Waals surface area (Å²) < 4.78 is 0. The minimum atomic E-state index is 0.606. The third-order valence-corrected chi connectivity index (χ3v) is 3.46. The van der Waals surface area contributed by atoms with Gasteiger partial charge in [0.15, 0.2) is 0 Å². The van der Waals surface area contributed by atoms with Crippen LogP contribution in [0.15, 0.2) is 5.38 Å². The fraction of sp³-hybridized carbons (Fsp3) is 0.727. The van der Waals surface area contributed by atoms with E-state index in [2.05, 4.69) is 24.2 Å². The molecule has 0 radical (unpaired) electrons. The largest absolute Gasteiger partial charge is 0.330 e. The van der Waals surface area contributed by atoms with Crippen molar-refractivity contribution < 1.29 is 0 Å². The maximum Gasteiger partial charge on any atom is 0.0928 e. The number of nitrogens with zero attached hydrogens (tertiary/aromatic N) is 1. The second-order valence-corrected chi connectivity index (χ2v) is 4.66. The molecule has 0 saturated heterocycles. The van der Waals surface area contributed by atoms with Gasteiger partial charge in [-0.3, -0.25) is 0 Å². The van der Waals surface area contributed by atoms with Gasteiger partial charge in [-0.15, -0.1) is 11.3 Å². The van der Waals surface area contributed by atoms with Gasteiger partial charge < -0.3 is 5.73 Å². The number of hydrogen-bond acceptors (Lipinski definition) is 3. The van der Waals surface area contributed by atoms with E-state index in [0.29, 0.717) is 5.92 Å². The van der Waals surface area contributed by atoms with Crippen LogP contribution in [0, 0.1) is 0 Å². The lowest BCUT2D eigenvalue weighted by Gasteiger charge is -2.02. The Balaban J connectivity index is 2.42. The first-order valence-corrected chi connectivity index (χ1v) is 6.30. The lowest BCUT2D eigenvalue weighted by atomic mass is 10.1. The first kappa shape index (κ1) is 11.7. The number of rotatable bonds is 6. The molecule has 2 N–H and O–H groups in total. The summed E-state index contributed by atoms with van der Waals surface area (Å²) in [6.07, 6.45) is 4.55. The van der Waals surface area contributed by atoms with Gasteiger partial charge in [0.1, 0.15) is 0 Å². The molecule has 1 rings (SSSR count). The van der Waals surface area contributed by atoms with Gasteiger partial charge in [-0.25, -0.2) is 4.98 Å². The molecule has 1 atom stereocenters. The molecule has 3 heteroatoms. The van der Waals surface area contributed by atoms with Crippen molar-refractivity contribution in [2.45, 2.75) is 45.4 Å². The monoisotopic (exact) mass is 212 g/mol. The summed E-state index contributed by atoms with van der Waals surface area (Å²) in [5, 5.41) is 3.47. The Labute approximate surface area is 90.6 Å². The maximum atomic E-state index is 5.45. The first-order chi connectivity index (χ1) is 6.77. The summed E-state index contributed by atoms with van der Waals surface area (Å²) >= 11 is 1.79. The highest BCUT2D eigenvalue weighted by molar-refractivity contribution is 7.09. The molecule has 2 nitrogen and oxygen atoms in total. The van der Waals surface area contributed by atoms with E-state index >= 15 is 0 Å². The molecular weight excluding hydrogens is 192 g/mol. The second kappa shape index (κ2) is 6.14. The molecule has 1 unspecified atom stereocenters. The van der Waals surface area contributed by atoms with Crippen molar-refractivity contribution in [3.8, 4) is 0 Å². The molecular formula is C11H20N2S. The van der Waals surface area contributed by atoms with Crippen LogP contribution >= 0.6 is 11.3 Å². The molecule has 0 aliphatic rings. The van der Waals surface area contributed by atoms with Gasteiger partial charge >= 0.3 is 0 Å². The summed E-state index contributed by atoms with van der Waals surface area (Å²) in [5.74, 6) is 0.606. The average molecular weight is 212 g/mol. The van der Waals surface area contributed by atoms with E-state index in [4.69, 9.17) is 5.73 Å². The van der Waals surface area contributed by atoms with E-state index in [0.717, 1.165) is 19.4 Å². The topological polar surface area (TPSA) is 38.9 Å². The van der Waals surface area contributed by atoms with Crippen LogP contribution in [0.4, 0.5) is 0 Å². The molecule has 80 valence electrons. The number of aromatic nitrogens is 1. The molecule has 0 fully saturated rings. The Morgan fingerprint density at radius 2 is 2.29 bits per heavy atom. The Bertz CT molecular complexity index is 258. The fourth-order valence-electron chi connectivity index (χ4n) is 1.30. The number of nitrogens with two attached hydrogens (primary N) is 1. The minimum absolute atomic E-state index is 0.606. The number of hydrogen-bond donors (Lipinski definition) is 1. The Kier molecular flexibility index (Phi) is 5.12. The average Bonchev–Trinajstić information content (AvgIpc) is 2.66. The van der Waals surface area contributed by atoms with E-state index in [-0.39, 0.29) is 0 Å². The minimum Gasteiger partial charge on any atom is -0.330 e. The lowest BCUT2D eigenvalue weighted by molar-refractivity contribution is 0.699. The van der Waals surface area contributed by atoms with Gasteiger partial charge in [0.25, 0.3) is 0 Å². The molecule has 0 aromatic carbocycles. The third-order valence-electron chi connectivity index (χ3n) is 2.53. The number of aryl methyl sites for hydroxylation is 1. The van der Waals surface area contributed by atoms with Crippen molar-refractivity contribution in [1.29, 1.82) is 0 Å². The predicted octanol–water partition coefficient (Wildman–Crippen LogP) is 2.94. The van der Waals surface area contributed by atoms with Gasteiger partial charge in [0.2, 0.25) is 0 Å². The molecule has 0 saturated carbocycles. The van der Waals surface area contributed by atoms with E-state index in [1.807, 2.05) is 0 Å². The summed E-state index contributed by atoms with van der Waals surface area (Å²) in [4.78, 5) is 4.63. The van der Waals surface area contributed by atoms with Gasteiger partial charge in [-0.1, -0.05) is 13.8 Å². The molecule has 0 aliphatic heterocycles. The number of thiazole rings is 1. The quantitative estimate of drug-likeness (QED) is 0.736. The predicted molar refractivity (Wildman–Crippen MR) is 62.8 cm³/mol. The highest BCUT2D eigenvalue weighted by atomic mass is 32.1. The molecule has 0 bridgehead atoms. The molecule has 1 heterocycles. The molecule has 1 aromatic rings. The van der Waals surface area contributed by atoms with Crippen molar-refractivity contribution in [3.63, 3.8) is 0 Å². The Morgan fingerprint density at radius 1 is 1.50 bits per heavy atom. The zero-order valence-corrected chi connectivity index (χ0v) is 9.94. The van der Waals surface area contributed by atoms with Crippen LogP contribution in [0.2, 0.25) is 0 Å². The summed E-state index contributed by atoms with van der Waals surface area (Å²) in [6.45, 7) is 5.24. The first-order valence-electron chi connectivity index (χ1n) is 5.42. The molecule has 0 spiro atoms. The third kappa shape index (κ3) is 3.39. The van der Waals surface area contributed by atoms with Crippen LogP contribution in [0.3, 0.4) is 0 Å². The van der Waals surface area contributed by atoms with E-state index in [1.54, 1.807) is 11.3 Å². The van der Waals surface area contributed by atoms with Gasteiger partial charge in [0.05, 0.1) is 10.7 Å².